The standard InChI is InChI=1S/C27H26FNO4/c1-16-7-8-18(14-21(16)28)24(30)22-23(17-9-11-19(12-10-17)27(2,3)4)29(26(32)25(22)31)15-20-6-5-13-33-20/h5-14,23,30H,15H2,1-4H3/b24-22+. The van der Waals surface area contributed by atoms with Crippen molar-refractivity contribution >= 4 is 17.4 Å². The van der Waals surface area contributed by atoms with E-state index in [0.717, 1.165) is 5.56 Å². The van der Waals surface area contributed by atoms with Crippen LogP contribution in [0.15, 0.2) is 70.9 Å². The summed E-state index contributed by atoms with van der Waals surface area (Å²) in [5, 5.41) is 11.1. The second-order valence-corrected chi connectivity index (χ2v) is 9.34. The molecule has 1 aliphatic rings. The van der Waals surface area contributed by atoms with Crippen LogP contribution in [-0.2, 0) is 21.5 Å². The van der Waals surface area contributed by atoms with E-state index in [1.807, 2.05) is 24.3 Å². The van der Waals surface area contributed by atoms with E-state index in [1.54, 1.807) is 19.1 Å². The molecule has 1 fully saturated rings. The van der Waals surface area contributed by atoms with Crippen molar-refractivity contribution in [3.05, 3.63) is 100 Å². The summed E-state index contributed by atoms with van der Waals surface area (Å²) >= 11 is 0. The highest BCUT2D eigenvalue weighted by Crippen LogP contribution is 2.41. The SMILES string of the molecule is Cc1ccc(/C(O)=C2\C(=O)C(=O)N(Cc3ccco3)C2c2ccc(C(C)(C)C)cc2)cc1F. The van der Waals surface area contributed by atoms with Crippen molar-refractivity contribution in [3.8, 4) is 0 Å². The molecule has 1 unspecified atom stereocenters. The van der Waals surface area contributed by atoms with Gasteiger partial charge in [0.15, 0.2) is 0 Å². The number of aliphatic hydroxyl groups is 1. The van der Waals surface area contributed by atoms with E-state index >= 15 is 0 Å². The number of hydrogen-bond donors (Lipinski definition) is 1. The van der Waals surface area contributed by atoms with Crippen molar-refractivity contribution in [2.75, 3.05) is 0 Å². The van der Waals surface area contributed by atoms with Crippen LogP contribution in [0.4, 0.5) is 4.39 Å². The van der Waals surface area contributed by atoms with Gasteiger partial charge in [-0.05, 0) is 47.2 Å². The Morgan fingerprint density at radius 1 is 1.09 bits per heavy atom. The number of aliphatic hydroxyl groups excluding tert-OH is 1. The summed E-state index contributed by atoms with van der Waals surface area (Å²) in [6.07, 6.45) is 1.49. The van der Waals surface area contributed by atoms with Gasteiger partial charge in [0.1, 0.15) is 17.3 Å². The Morgan fingerprint density at radius 3 is 2.36 bits per heavy atom. The molecule has 2 heterocycles. The molecule has 0 bridgehead atoms. The molecule has 4 rings (SSSR count). The normalized spacial score (nSPS) is 18.2. The van der Waals surface area contributed by atoms with Crippen molar-refractivity contribution in [1.82, 2.24) is 4.90 Å². The fourth-order valence-electron chi connectivity index (χ4n) is 4.02. The Balaban J connectivity index is 1.86. The highest BCUT2D eigenvalue weighted by Gasteiger charge is 2.46. The maximum atomic E-state index is 14.2. The lowest BCUT2D eigenvalue weighted by atomic mass is 9.85. The summed E-state index contributed by atoms with van der Waals surface area (Å²) in [6.45, 7) is 7.95. The summed E-state index contributed by atoms with van der Waals surface area (Å²) in [7, 11) is 0. The van der Waals surface area contributed by atoms with Crippen molar-refractivity contribution in [2.24, 2.45) is 0 Å². The van der Waals surface area contributed by atoms with Gasteiger partial charge in [-0.1, -0.05) is 57.2 Å². The first kappa shape index (κ1) is 22.5. The fourth-order valence-corrected chi connectivity index (χ4v) is 4.02. The predicted octanol–water partition coefficient (Wildman–Crippen LogP) is 5.65. The largest absolute Gasteiger partial charge is 0.507 e. The summed E-state index contributed by atoms with van der Waals surface area (Å²) in [5.41, 5.74) is 2.18. The highest BCUT2D eigenvalue weighted by molar-refractivity contribution is 6.46. The molecule has 1 amide bonds. The molecule has 1 N–H and O–H groups in total. The maximum Gasteiger partial charge on any atom is 0.296 e. The van der Waals surface area contributed by atoms with Crippen LogP contribution in [-0.4, -0.2) is 21.7 Å². The van der Waals surface area contributed by atoms with Crippen LogP contribution in [0.5, 0.6) is 0 Å². The van der Waals surface area contributed by atoms with Gasteiger partial charge in [0, 0.05) is 5.56 Å². The number of hydrogen-bond acceptors (Lipinski definition) is 4. The zero-order valence-electron chi connectivity index (χ0n) is 19.1. The molecule has 0 saturated carbocycles. The minimum absolute atomic E-state index is 0.0578. The Morgan fingerprint density at radius 2 is 1.79 bits per heavy atom. The van der Waals surface area contributed by atoms with Crippen LogP contribution in [0.2, 0.25) is 0 Å². The molecule has 33 heavy (non-hydrogen) atoms. The molecular formula is C27H26FNO4. The molecule has 1 aliphatic heterocycles. The number of nitrogens with zero attached hydrogens (tertiary/aromatic N) is 1. The third-order valence-electron chi connectivity index (χ3n) is 5.98. The van der Waals surface area contributed by atoms with Gasteiger partial charge in [-0.3, -0.25) is 9.59 Å². The molecule has 0 aliphatic carbocycles. The van der Waals surface area contributed by atoms with E-state index in [4.69, 9.17) is 4.42 Å². The third kappa shape index (κ3) is 4.21. The number of Topliss-reactive ketones (excluding diaryl/α,β-unsaturated/α-hetero) is 1. The van der Waals surface area contributed by atoms with E-state index in [0.29, 0.717) is 16.9 Å². The molecule has 3 aromatic rings. The predicted molar refractivity (Wildman–Crippen MR) is 123 cm³/mol. The monoisotopic (exact) mass is 447 g/mol. The highest BCUT2D eigenvalue weighted by atomic mass is 19.1. The number of carbonyl (C=O) groups is 2. The molecule has 0 spiro atoms. The summed E-state index contributed by atoms with van der Waals surface area (Å²) in [4.78, 5) is 27.5. The number of furan rings is 1. The van der Waals surface area contributed by atoms with E-state index in [1.165, 1.54) is 29.4 Å². The molecule has 5 nitrogen and oxygen atoms in total. The first-order valence-corrected chi connectivity index (χ1v) is 10.8. The van der Waals surface area contributed by atoms with Gasteiger partial charge in [-0.2, -0.15) is 0 Å². The second kappa shape index (κ2) is 8.35. The van der Waals surface area contributed by atoms with E-state index in [-0.39, 0.29) is 23.1 Å². The van der Waals surface area contributed by atoms with Gasteiger partial charge in [0.05, 0.1) is 24.4 Å². The Hall–Kier alpha value is -3.67. The molecule has 1 saturated heterocycles. The molecular weight excluding hydrogens is 421 g/mol. The smallest absolute Gasteiger partial charge is 0.296 e. The Kier molecular flexibility index (Phi) is 5.70. The topological polar surface area (TPSA) is 70.8 Å². The molecule has 2 aromatic carbocycles. The number of rotatable bonds is 4. The maximum absolute atomic E-state index is 14.2. The van der Waals surface area contributed by atoms with E-state index in [2.05, 4.69) is 20.8 Å². The molecule has 170 valence electrons. The first-order valence-electron chi connectivity index (χ1n) is 10.8. The van der Waals surface area contributed by atoms with Crippen LogP contribution >= 0.6 is 0 Å². The van der Waals surface area contributed by atoms with Gasteiger partial charge in [-0.15, -0.1) is 0 Å². The van der Waals surface area contributed by atoms with E-state index < -0.39 is 29.3 Å². The van der Waals surface area contributed by atoms with Crippen molar-refractivity contribution in [3.63, 3.8) is 0 Å². The van der Waals surface area contributed by atoms with Crippen molar-refractivity contribution in [2.45, 2.75) is 45.7 Å². The van der Waals surface area contributed by atoms with Gasteiger partial charge in [0.25, 0.3) is 11.7 Å². The third-order valence-corrected chi connectivity index (χ3v) is 5.98. The summed E-state index contributed by atoms with van der Waals surface area (Å²) in [5.74, 6) is -1.96. The average Bonchev–Trinajstić information content (AvgIpc) is 3.37. The number of ketones is 1. The van der Waals surface area contributed by atoms with Crippen molar-refractivity contribution < 1.29 is 23.5 Å². The summed E-state index contributed by atoms with van der Waals surface area (Å²) in [6, 6.07) is 14.4. The lowest BCUT2D eigenvalue weighted by molar-refractivity contribution is -0.140. The van der Waals surface area contributed by atoms with Crippen LogP contribution < -0.4 is 0 Å². The van der Waals surface area contributed by atoms with E-state index in [9.17, 15) is 19.1 Å². The Labute approximate surface area is 192 Å². The van der Waals surface area contributed by atoms with Crippen LogP contribution in [0.25, 0.3) is 5.76 Å². The van der Waals surface area contributed by atoms with Gasteiger partial charge in [0.2, 0.25) is 0 Å². The molecule has 0 radical (unpaired) electrons. The second-order valence-electron chi connectivity index (χ2n) is 9.34. The summed E-state index contributed by atoms with van der Waals surface area (Å²) < 4.78 is 19.6. The number of amides is 1. The number of carbonyl (C=O) groups excluding carboxylic acids is 2. The van der Waals surface area contributed by atoms with Gasteiger partial charge < -0.3 is 14.4 Å². The fraction of sp³-hybridized carbons (Fsp3) is 0.259. The average molecular weight is 448 g/mol. The minimum Gasteiger partial charge on any atom is -0.507 e. The Bertz CT molecular complexity index is 1230. The molecule has 1 atom stereocenters. The molecule has 1 aromatic heterocycles. The lowest BCUT2D eigenvalue weighted by Crippen LogP contribution is -2.29. The van der Waals surface area contributed by atoms with Gasteiger partial charge >= 0.3 is 0 Å². The zero-order valence-corrected chi connectivity index (χ0v) is 19.1. The number of aryl methyl sites for hydroxylation is 1. The zero-order chi connectivity index (χ0) is 23.9. The quantitative estimate of drug-likeness (QED) is 0.319. The van der Waals surface area contributed by atoms with Crippen LogP contribution in [0.3, 0.4) is 0 Å². The van der Waals surface area contributed by atoms with Crippen molar-refractivity contribution in [1.29, 1.82) is 0 Å². The first-order chi connectivity index (χ1) is 15.6. The minimum atomic E-state index is -0.839. The molecule has 6 heteroatoms. The number of halogens is 1. The van der Waals surface area contributed by atoms with Crippen LogP contribution in [0, 0.1) is 12.7 Å². The van der Waals surface area contributed by atoms with Gasteiger partial charge in [-0.25, -0.2) is 4.39 Å². The number of likely N-dealkylation sites (tertiary alicyclic amines) is 1. The van der Waals surface area contributed by atoms with Crippen LogP contribution in [0.1, 0.15) is 54.8 Å². The lowest BCUT2D eigenvalue weighted by Gasteiger charge is -2.26. The number of benzene rings is 2.